The molecule has 1 aliphatic rings. The van der Waals surface area contributed by atoms with E-state index in [1.54, 1.807) is 0 Å². The second-order valence-corrected chi connectivity index (χ2v) is 7.02. The average molecular weight is 351 g/mol. The van der Waals surface area contributed by atoms with Crippen LogP contribution in [0, 0.1) is 6.92 Å². The molecule has 1 aromatic heterocycles. The van der Waals surface area contributed by atoms with Gasteiger partial charge >= 0.3 is 0 Å². The van der Waals surface area contributed by atoms with Crippen LogP contribution in [0.25, 0.3) is 10.4 Å². The number of rotatable bonds is 3. The summed E-state index contributed by atoms with van der Waals surface area (Å²) >= 11 is 4.91. The Kier molecular flexibility index (Phi) is 3.56. The van der Waals surface area contributed by atoms with Crippen molar-refractivity contribution in [3.05, 3.63) is 39.9 Å². The van der Waals surface area contributed by atoms with Crippen LogP contribution in [-0.2, 0) is 0 Å². The molecule has 1 fully saturated rings. The van der Waals surface area contributed by atoms with Gasteiger partial charge in [0.1, 0.15) is 0 Å². The monoisotopic (exact) mass is 350 g/mol. The third kappa shape index (κ3) is 2.60. The highest BCUT2D eigenvalue weighted by atomic mass is 79.9. The number of amides is 1. The molecule has 1 amide bonds. The van der Waals surface area contributed by atoms with Gasteiger partial charge in [0.15, 0.2) is 0 Å². The lowest BCUT2D eigenvalue weighted by Crippen LogP contribution is -2.26. The van der Waals surface area contributed by atoms with Crippen molar-refractivity contribution >= 4 is 38.2 Å². The Morgan fingerprint density at radius 3 is 2.60 bits per heavy atom. The van der Waals surface area contributed by atoms with Crippen LogP contribution in [0.1, 0.15) is 28.8 Å². The van der Waals surface area contributed by atoms with Crippen LogP contribution in [0.2, 0.25) is 0 Å². The Bertz CT molecular complexity index is 659. The highest BCUT2D eigenvalue weighted by molar-refractivity contribution is 9.10. The van der Waals surface area contributed by atoms with Gasteiger partial charge in [-0.1, -0.05) is 28.1 Å². The van der Waals surface area contributed by atoms with E-state index in [4.69, 9.17) is 5.73 Å². The first-order chi connectivity index (χ1) is 9.56. The van der Waals surface area contributed by atoms with Gasteiger partial charge in [0.2, 0.25) is 0 Å². The van der Waals surface area contributed by atoms with Gasteiger partial charge in [-0.3, -0.25) is 4.79 Å². The van der Waals surface area contributed by atoms with Crippen molar-refractivity contribution in [3.8, 4) is 10.4 Å². The minimum absolute atomic E-state index is 0.0397. The summed E-state index contributed by atoms with van der Waals surface area (Å²) in [6.45, 7) is 1.96. The molecular formula is C15H15BrN2OS. The van der Waals surface area contributed by atoms with Crippen molar-refractivity contribution in [3.63, 3.8) is 0 Å². The fraction of sp³-hybridized carbons (Fsp3) is 0.267. The van der Waals surface area contributed by atoms with E-state index < -0.39 is 0 Å². The molecule has 3 N–H and O–H groups in total. The van der Waals surface area contributed by atoms with Gasteiger partial charge in [0.05, 0.1) is 10.6 Å². The first-order valence-corrected chi connectivity index (χ1v) is 8.13. The molecule has 0 unspecified atom stereocenters. The zero-order valence-electron chi connectivity index (χ0n) is 11.1. The van der Waals surface area contributed by atoms with E-state index in [9.17, 15) is 4.79 Å². The first-order valence-electron chi connectivity index (χ1n) is 6.52. The number of hydrogen-bond donors (Lipinski definition) is 2. The van der Waals surface area contributed by atoms with Gasteiger partial charge in [-0.25, -0.2) is 0 Å². The molecule has 0 radical (unpaired) electrons. The Labute approximate surface area is 130 Å². The second kappa shape index (κ2) is 5.22. The van der Waals surface area contributed by atoms with E-state index in [0.29, 0.717) is 16.6 Å². The molecule has 1 aliphatic carbocycles. The number of carbonyl (C=O) groups excluding carboxylic acids is 1. The maximum atomic E-state index is 12.2. The third-order valence-corrected chi connectivity index (χ3v) is 5.12. The summed E-state index contributed by atoms with van der Waals surface area (Å²) in [6, 6.07) is 8.40. The average Bonchev–Trinajstić information content (AvgIpc) is 3.16. The number of thiophene rings is 1. The lowest BCUT2D eigenvalue weighted by atomic mass is 10.1. The standard InChI is InChI=1S/C15H15BrN2OS/c1-8-12(15(19)18-11-6-7-11)14(17)20-13(8)9-2-4-10(16)5-3-9/h2-5,11H,6-7,17H2,1H3,(H,18,19). The van der Waals surface area contributed by atoms with Crippen molar-refractivity contribution in [1.29, 1.82) is 0 Å². The minimum atomic E-state index is -0.0397. The summed E-state index contributed by atoms with van der Waals surface area (Å²) in [4.78, 5) is 13.3. The van der Waals surface area contributed by atoms with E-state index in [0.717, 1.165) is 33.3 Å². The lowest BCUT2D eigenvalue weighted by molar-refractivity contribution is 0.0952. The Hall–Kier alpha value is -1.33. The number of benzene rings is 1. The molecule has 104 valence electrons. The van der Waals surface area contributed by atoms with Crippen molar-refractivity contribution in [1.82, 2.24) is 5.32 Å². The van der Waals surface area contributed by atoms with Gasteiger partial charge in [0, 0.05) is 15.4 Å². The van der Waals surface area contributed by atoms with Crippen LogP contribution in [0.4, 0.5) is 5.00 Å². The van der Waals surface area contributed by atoms with Crippen molar-refractivity contribution in [2.75, 3.05) is 5.73 Å². The van der Waals surface area contributed by atoms with Crippen LogP contribution in [0.3, 0.4) is 0 Å². The summed E-state index contributed by atoms with van der Waals surface area (Å²) < 4.78 is 1.04. The Morgan fingerprint density at radius 1 is 1.35 bits per heavy atom. The number of carbonyl (C=O) groups is 1. The predicted molar refractivity (Wildman–Crippen MR) is 87.1 cm³/mol. The minimum Gasteiger partial charge on any atom is -0.390 e. The Balaban J connectivity index is 1.97. The molecule has 1 heterocycles. The zero-order chi connectivity index (χ0) is 14.3. The SMILES string of the molecule is Cc1c(-c2ccc(Br)cc2)sc(N)c1C(=O)NC1CC1. The van der Waals surface area contributed by atoms with E-state index in [2.05, 4.69) is 21.2 Å². The molecule has 2 aromatic rings. The summed E-state index contributed by atoms with van der Waals surface area (Å²) in [6.07, 6.45) is 2.16. The molecule has 0 atom stereocenters. The molecule has 1 saturated carbocycles. The second-order valence-electron chi connectivity index (χ2n) is 5.05. The van der Waals surface area contributed by atoms with Crippen LogP contribution in [-0.4, -0.2) is 11.9 Å². The van der Waals surface area contributed by atoms with E-state index >= 15 is 0 Å². The van der Waals surface area contributed by atoms with Gasteiger partial charge in [-0.2, -0.15) is 0 Å². The number of anilines is 1. The van der Waals surface area contributed by atoms with Crippen LogP contribution in [0.5, 0.6) is 0 Å². The van der Waals surface area contributed by atoms with Gasteiger partial charge < -0.3 is 11.1 Å². The molecule has 0 bridgehead atoms. The number of halogens is 1. The molecule has 0 aliphatic heterocycles. The molecule has 1 aromatic carbocycles. The first kappa shape index (κ1) is 13.6. The number of nitrogens with two attached hydrogens (primary N) is 1. The van der Waals surface area contributed by atoms with Gasteiger partial charge in [-0.15, -0.1) is 11.3 Å². The van der Waals surface area contributed by atoms with E-state index in [1.165, 1.54) is 11.3 Å². The smallest absolute Gasteiger partial charge is 0.254 e. The third-order valence-electron chi connectivity index (χ3n) is 3.42. The maximum Gasteiger partial charge on any atom is 0.254 e. The molecule has 0 spiro atoms. The highest BCUT2D eigenvalue weighted by Gasteiger charge is 2.27. The topological polar surface area (TPSA) is 55.1 Å². The van der Waals surface area contributed by atoms with E-state index in [-0.39, 0.29) is 5.91 Å². The summed E-state index contributed by atoms with van der Waals surface area (Å²) in [7, 11) is 0. The molecule has 20 heavy (non-hydrogen) atoms. The fourth-order valence-corrected chi connectivity index (χ4v) is 3.52. The number of nitrogens with one attached hydrogen (secondary N) is 1. The Morgan fingerprint density at radius 2 is 2.00 bits per heavy atom. The molecule has 5 heteroatoms. The number of nitrogen functional groups attached to an aromatic ring is 1. The highest BCUT2D eigenvalue weighted by Crippen LogP contribution is 2.38. The van der Waals surface area contributed by atoms with Gasteiger partial charge in [-0.05, 0) is 43.0 Å². The van der Waals surface area contributed by atoms with Crippen LogP contribution in [0.15, 0.2) is 28.7 Å². The molecule has 3 rings (SSSR count). The van der Waals surface area contributed by atoms with E-state index in [1.807, 2.05) is 31.2 Å². The summed E-state index contributed by atoms with van der Waals surface area (Å²) in [5.41, 5.74) is 8.75. The largest absolute Gasteiger partial charge is 0.390 e. The fourth-order valence-electron chi connectivity index (χ4n) is 2.18. The quantitative estimate of drug-likeness (QED) is 0.879. The van der Waals surface area contributed by atoms with Crippen molar-refractivity contribution < 1.29 is 4.79 Å². The zero-order valence-corrected chi connectivity index (χ0v) is 13.5. The number of hydrogen-bond acceptors (Lipinski definition) is 3. The predicted octanol–water partition coefficient (Wildman–Crippen LogP) is 3.96. The van der Waals surface area contributed by atoms with Gasteiger partial charge in [0.25, 0.3) is 5.91 Å². The lowest BCUT2D eigenvalue weighted by Gasteiger charge is -2.04. The van der Waals surface area contributed by atoms with Crippen LogP contribution < -0.4 is 11.1 Å². The van der Waals surface area contributed by atoms with Crippen LogP contribution >= 0.6 is 27.3 Å². The molecular weight excluding hydrogens is 336 g/mol. The maximum absolute atomic E-state index is 12.2. The molecule has 0 saturated heterocycles. The summed E-state index contributed by atoms with van der Waals surface area (Å²) in [5, 5.41) is 3.60. The molecule has 3 nitrogen and oxygen atoms in total. The van der Waals surface area contributed by atoms with Crippen molar-refractivity contribution in [2.45, 2.75) is 25.8 Å². The van der Waals surface area contributed by atoms with Crippen molar-refractivity contribution in [2.24, 2.45) is 0 Å². The normalized spacial score (nSPS) is 14.3. The summed E-state index contributed by atoms with van der Waals surface area (Å²) in [5.74, 6) is -0.0397.